The van der Waals surface area contributed by atoms with Crippen LogP contribution in [0.15, 0.2) is 12.2 Å². The molecule has 0 aromatic heterocycles. The van der Waals surface area contributed by atoms with Gasteiger partial charge in [0.25, 0.3) is 0 Å². The average molecular weight is 198 g/mol. The Kier molecular flexibility index (Phi) is 7.11. The molecule has 0 fully saturated rings. The molecule has 0 atom stereocenters. The second-order valence-corrected chi connectivity index (χ2v) is 4.14. The molecule has 0 aliphatic rings. The van der Waals surface area contributed by atoms with Crippen molar-refractivity contribution in [2.75, 3.05) is 27.2 Å². The molecule has 3 nitrogen and oxygen atoms in total. The van der Waals surface area contributed by atoms with E-state index in [-0.39, 0.29) is 5.91 Å². The van der Waals surface area contributed by atoms with Crippen LogP contribution in [0.1, 0.15) is 20.3 Å². The van der Waals surface area contributed by atoms with Crippen molar-refractivity contribution in [2.24, 2.45) is 5.92 Å². The Morgan fingerprint density at radius 1 is 1.43 bits per heavy atom. The molecule has 0 heterocycles. The van der Waals surface area contributed by atoms with E-state index >= 15 is 0 Å². The lowest BCUT2D eigenvalue weighted by atomic mass is 10.1. The summed E-state index contributed by atoms with van der Waals surface area (Å²) < 4.78 is 0. The van der Waals surface area contributed by atoms with Gasteiger partial charge in [0.1, 0.15) is 0 Å². The summed E-state index contributed by atoms with van der Waals surface area (Å²) in [5.74, 6) is 0.647. The van der Waals surface area contributed by atoms with Gasteiger partial charge in [0.05, 0.1) is 0 Å². The first kappa shape index (κ1) is 13.2. The molecule has 0 rings (SSSR count). The molecule has 0 saturated carbocycles. The summed E-state index contributed by atoms with van der Waals surface area (Å²) in [6.45, 7) is 5.86. The predicted octanol–water partition coefficient (Wildman–Crippen LogP) is 1.27. The molecule has 0 aliphatic carbocycles. The summed E-state index contributed by atoms with van der Waals surface area (Å²) in [5.41, 5.74) is 0. The third-order valence-electron chi connectivity index (χ3n) is 1.76. The van der Waals surface area contributed by atoms with Gasteiger partial charge in [-0.1, -0.05) is 19.9 Å². The average Bonchev–Trinajstić information content (AvgIpc) is 2.02. The zero-order valence-corrected chi connectivity index (χ0v) is 9.71. The summed E-state index contributed by atoms with van der Waals surface area (Å²) >= 11 is 0. The van der Waals surface area contributed by atoms with Crippen LogP contribution in [-0.4, -0.2) is 38.0 Å². The maximum atomic E-state index is 11.2. The van der Waals surface area contributed by atoms with E-state index in [2.05, 4.69) is 19.2 Å². The van der Waals surface area contributed by atoms with Crippen LogP contribution in [0.5, 0.6) is 0 Å². The van der Waals surface area contributed by atoms with Gasteiger partial charge in [-0.25, -0.2) is 0 Å². The quantitative estimate of drug-likeness (QED) is 0.652. The second-order valence-electron chi connectivity index (χ2n) is 4.14. The van der Waals surface area contributed by atoms with Gasteiger partial charge in [0, 0.05) is 19.2 Å². The van der Waals surface area contributed by atoms with E-state index in [1.165, 1.54) is 0 Å². The van der Waals surface area contributed by atoms with E-state index in [1.807, 2.05) is 25.1 Å². The second kappa shape index (κ2) is 7.56. The molecular weight excluding hydrogens is 176 g/mol. The van der Waals surface area contributed by atoms with E-state index < -0.39 is 0 Å². The number of hydrogen-bond acceptors (Lipinski definition) is 2. The Morgan fingerprint density at radius 3 is 2.57 bits per heavy atom. The van der Waals surface area contributed by atoms with Crippen molar-refractivity contribution < 1.29 is 4.79 Å². The molecule has 1 N–H and O–H groups in total. The Bertz CT molecular complexity index is 186. The number of rotatable bonds is 6. The highest BCUT2D eigenvalue weighted by Gasteiger charge is 1.96. The highest BCUT2D eigenvalue weighted by Crippen LogP contribution is 1.95. The summed E-state index contributed by atoms with van der Waals surface area (Å²) in [5, 5.41) is 2.84. The Morgan fingerprint density at radius 2 is 2.07 bits per heavy atom. The van der Waals surface area contributed by atoms with Crippen LogP contribution < -0.4 is 5.32 Å². The maximum Gasteiger partial charge on any atom is 0.243 e. The van der Waals surface area contributed by atoms with E-state index in [4.69, 9.17) is 0 Å². The molecule has 0 radical (unpaired) electrons. The van der Waals surface area contributed by atoms with Crippen LogP contribution in [0.25, 0.3) is 0 Å². The van der Waals surface area contributed by atoms with Gasteiger partial charge in [0.15, 0.2) is 0 Å². The first-order chi connectivity index (χ1) is 6.52. The summed E-state index contributed by atoms with van der Waals surface area (Å²) in [6.07, 6.45) is 4.50. The number of likely N-dealkylation sites (N-methyl/N-ethyl adjacent to an activating group) is 1. The molecule has 14 heavy (non-hydrogen) atoms. The minimum absolute atomic E-state index is 0.00694. The molecule has 0 unspecified atom stereocenters. The largest absolute Gasteiger partial charge is 0.353 e. The summed E-state index contributed by atoms with van der Waals surface area (Å²) in [4.78, 5) is 13.2. The number of amides is 1. The van der Waals surface area contributed by atoms with Gasteiger partial charge in [-0.05, 0) is 26.4 Å². The normalized spacial score (nSPS) is 11.6. The number of carbonyl (C=O) groups excluding carboxylic acids is 1. The van der Waals surface area contributed by atoms with Gasteiger partial charge in [0.2, 0.25) is 5.91 Å². The molecule has 3 heteroatoms. The molecular formula is C11H22N2O. The van der Waals surface area contributed by atoms with Crippen LogP contribution in [0, 0.1) is 5.92 Å². The smallest absolute Gasteiger partial charge is 0.243 e. The number of carbonyl (C=O) groups is 1. The van der Waals surface area contributed by atoms with Gasteiger partial charge in [-0.3, -0.25) is 4.79 Å². The van der Waals surface area contributed by atoms with E-state index in [1.54, 1.807) is 6.08 Å². The molecule has 0 spiro atoms. The van der Waals surface area contributed by atoms with Crippen LogP contribution in [0.2, 0.25) is 0 Å². The third kappa shape index (κ3) is 9.26. The highest BCUT2D eigenvalue weighted by molar-refractivity contribution is 5.87. The molecule has 0 aromatic rings. The first-order valence-electron chi connectivity index (χ1n) is 5.11. The highest BCUT2D eigenvalue weighted by atomic mass is 16.1. The monoisotopic (exact) mass is 198 g/mol. The van der Waals surface area contributed by atoms with E-state index in [0.29, 0.717) is 5.92 Å². The lowest BCUT2D eigenvalue weighted by Crippen LogP contribution is -2.23. The van der Waals surface area contributed by atoms with Crippen molar-refractivity contribution >= 4 is 5.91 Å². The van der Waals surface area contributed by atoms with Gasteiger partial charge >= 0.3 is 0 Å². The lowest BCUT2D eigenvalue weighted by Gasteiger charge is -2.05. The maximum absolute atomic E-state index is 11.2. The number of hydrogen-bond donors (Lipinski definition) is 1. The van der Waals surface area contributed by atoms with Crippen molar-refractivity contribution in [2.45, 2.75) is 20.3 Å². The van der Waals surface area contributed by atoms with Crippen LogP contribution in [-0.2, 0) is 4.79 Å². The zero-order chi connectivity index (χ0) is 11.0. The fourth-order valence-corrected chi connectivity index (χ4v) is 0.914. The van der Waals surface area contributed by atoms with Crippen molar-refractivity contribution in [3.63, 3.8) is 0 Å². The predicted molar refractivity (Wildman–Crippen MR) is 60.2 cm³/mol. The fraction of sp³-hybridized carbons (Fsp3) is 0.727. The lowest BCUT2D eigenvalue weighted by molar-refractivity contribution is -0.116. The topological polar surface area (TPSA) is 32.3 Å². The summed E-state index contributed by atoms with van der Waals surface area (Å²) in [6, 6.07) is 0. The zero-order valence-electron chi connectivity index (χ0n) is 9.71. The SMILES string of the molecule is CC(C)CCNC(=O)/C=C/CN(C)C. The van der Waals surface area contributed by atoms with Gasteiger partial charge in [-0.15, -0.1) is 0 Å². The molecule has 0 aliphatic heterocycles. The molecule has 82 valence electrons. The first-order valence-corrected chi connectivity index (χ1v) is 5.11. The standard InChI is InChI=1S/C11H22N2O/c1-10(2)7-8-12-11(14)6-5-9-13(3)4/h5-6,10H,7-9H2,1-4H3,(H,12,14)/b6-5+. The Balaban J connectivity index is 3.50. The van der Waals surface area contributed by atoms with E-state index in [0.717, 1.165) is 19.5 Å². The van der Waals surface area contributed by atoms with Crippen LogP contribution in [0.3, 0.4) is 0 Å². The Hall–Kier alpha value is -0.830. The fourth-order valence-electron chi connectivity index (χ4n) is 0.914. The molecule has 0 saturated heterocycles. The van der Waals surface area contributed by atoms with Crippen LogP contribution in [0.4, 0.5) is 0 Å². The minimum atomic E-state index is 0.00694. The van der Waals surface area contributed by atoms with Gasteiger partial charge < -0.3 is 10.2 Å². The van der Waals surface area contributed by atoms with Crippen LogP contribution >= 0.6 is 0 Å². The van der Waals surface area contributed by atoms with Gasteiger partial charge in [-0.2, -0.15) is 0 Å². The van der Waals surface area contributed by atoms with Crippen molar-refractivity contribution in [3.8, 4) is 0 Å². The minimum Gasteiger partial charge on any atom is -0.353 e. The van der Waals surface area contributed by atoms with Crippen molar-refractivity contribution in [1.29, 1.82) is 0 Å². The van der Waals surface area contributed by atoms with E-state index in [9.17, 15) is 4.79 Å². The van der Waals surface area contributed by atoms with Crippen molar-refractivity contribution in [1.82, 2.24) is 10.2 Å². The Labute approximate surface area is 87.2 Å². The molecule has 1 amide bonds. The number of nitrogens with one attached hydrogen (secondary N) is 1. The number of nitrogens with zero attached hydrogens (tertiary/aromatic N) is 1. The molecule has 0 aromatic carbocycles. The van der Waals surface area contributed by atoms with Crippen molar-refractivity contribution in [3.05, 3.63) is 12.2 Å². The third-order valence-corrected chi connectivity index (χ3v) is 1.76. The summed E-state index contributed by atoms with van der Waals surface area (Å²) in [7, 11) is 3.95. The molecule has 0 bridgehead atoms.